The van der Waals surface area contributed by atoms with Gasteiger partial charge in [-0.3, -0.25) is 4.79 Å². The number of benzene rings is 1. The number of rotatable bonds is 4. The van der Waals surface area contributed by atoms with Gasteiger partial charge in [-0.15, -0.1) is 0 Å². The van der Waals surface area contributed by atoms with Gasteiger partial charge >= 0.3 is 0 Å². The summed E-state index contributed by atoms with van der Waals surface area (Å²) in [5.74, 6) is 0.00788. The first-order valence-corrected chi connectivity index (χ1v) is 8.79. The van der Waals surface area contributed by atoms with Crippen molar-refractivity contribution in [3.8, 4) is 5.75 Å². The molecule has 7 heteroatoms. The highest BCUT2D eigenvalue weighted by atomic mass is 32.2. The van der Waals surface area contributed by atoms with E-state index in [0.717, 1.165) is 24.0 Å². The molecule has 1 fully saturated rings. The number of methoxy groups -OCH3 is 1. The third-order valence-corrected chi connectivity index (χ3v) is 5.40. The van der Waals surface area contributed by atoms with Gasteiger partial charge in [0.15, 0.2) is 0 Å². The number of aryl methyl sites for hydroxylation is 2. The van der Waals surface area contributed by atoms with E-state index < -0.39 is 16.1 Å². The fraction of sp³-hybridized carbons (Fsp3) is 0.533. The molecular weight excluding hydrogens is 304 g/mol. The lowest BCUT2D eigenvalue weighted by Gasteiger charge is -2.18. The molecule has 0 aromatic heterocycles. The molecule has 1 saturated heterocycles. The van der Waals surface area contributed by atoms with Crippen LogP contribution in [0.5, 0.6) is 5.75 Å². The predicted octanol–water partition coefficient (Wildman–Crippen LogP) is 1.26. The molecule has 1 aliphatic rings. The molecule has 1 atom stereocenters. The highest BCUT2D eigenvalue weighted by Crippen LogP contribution is 2.27. The first-order chi connectivity index (χ1) is 10.3. The number of carbonyl (C=O) groups excluding carboxylic acids is 1. The molecule has 0 aliphatic carbocycles. The lowest BCUT2D eigenvalue weighted by molar-refractivity contribution is -0.122. The van der Waals surface area contributed by atoms with Gasteiger partial charge in [-0.2, -0.15) is 4.72 Å². The number of ether oxygens (including phenoxy) is 1. The fourth-order valence-corrected chi connectivity index (χ4v) is 3.90. The molecule has 2 rings (SSSR count). The van der Waals surface area contributed by atoms with Crippen molar-refractivity contribution in [3.05, 3.63) is 23.3 Å². The Hall–Kier alpha value is -1.60. The summed E-state index contributed by atoms with van der Waals surface area (Å²) in [4.78, 5) is 12.0. The summed E-state index contributed by atoms with van der Waals surface area (Å²) < 4.78 is 33.0. The van der Waals surface area contributed by atoms with Crippen LogP contribution in [0, 0.1) is 13.8 Å². The van der Waals surface area contributed by atoms with Crippen molar-refractivity contribution in [2.24, 2.45) is 0 Å². The molecule has 6 nitrogen and oxygen atoms in total. The molecule has 2 N–H and O–H groups in total. The Balaban J connectivity index is 2.34. The van der Waals surface area contributed by atoms with Crippen molar-refractivity contribution >= 4 is 15.9 Å². The minimum absolute atomic E-state index is 0.0650. The van der Waals surface area contributed by atoms with Crippen LogP contribution in [-0.2, 0) is 14.8 Å². The largest absolute Gasteiger partial charge is 0.495 e. The quantitative estimate of drug-likeness (QED) is 0.872. The molecule has 0 spiro atoms. The average molecular weight is 326 g/mol. The van der Waals surface area contributed by atoms with Crippen LogP contribution in [0.3, 0.4) is 0 Å². The highest BCUT2D eigenvalue weighted by Gasteiger charge is 2.29. The van der Waals surface area contributed by atoms with Crippen molar-refractivity contribution in [1.29, 1.82) is 0 Å². The van der Waals surface area contributed by atoms with E-state index in [-0.39, 0.29) is 16.6 Å². The Kier molecular flexibility index (Phi) is 5.08. The summed E-state index contributed by atoms with van der Waals surface area (Å²) in [5, 5.41) is 2.72. The van der Waals surface area contributed by atoms with Crippen molar-refractivity contribution in [2.75, 3.05) is 13.7 Å². The first-order valence-electron chi connectivity index (χ1n) is 7.30. The Morgan fingerprint density at radius 1 is 1.23 bits per heavy atom. The zero-order chi connectivity index (χ0) is 16.3. The van der Waals surface area contributed by atoms with Crippen LogP contribution in [-0.4, -0.2) is 34.0 Å². The minimum Gasteiger partial charge on any atom is -0.495 e. The van der Waals surface area contributed by atoms with Gasteiger partial charge in [-0.1, -0.05) is 0 Å². The van der Waals surface area contributed by atoms with Crippen molar-refractivity contribution in [2.45, 2.75) is 44.0 Å². The van der Waals surface area contributed by atoms with Gasteiger partial charge in [-0.05, 0) is 56.4 Å². The molecule has 1 aromatic carbocycles. The van der Waals surface area contributed by atoms with E-state index >= 15 is 0 Å². The van der Waals surface area contributed by atoms with Crippen LogP contribution < -0.4 is 14.8 Å². The third kappa shape index (κ3) is 3.59. The van der Waals surface area contributed by atoms with E-state index in [1.807, 2.05) is 13.8 Å². The van der Waals surface area contributed by atoms with Crippen molar-refractivity contribution in [3.63, 3.8) is 0 Å². The Morgan fingerprint density at radius 3 is 2.59 bits per heavy atom. The second kappa shape index (κ2) is 6.66. The van der Waals surface area contributed by atoms with E-state index in [4.69, 9.17) is 4.74 Å². The molecule has 0 radical (unpaired) electrons. The van der Waals surface area contributed by atoms with Crippen LogP contribution in [0.25, 0.3) is 0 Å². The molecule has 0 saturated carbocycles. The third-order valence-electron chi connectivity index (χ3n) is 3.90. The number of carbonyl (C=O) groups is 1. The SMILES string of the molecule is COc1cc(C)c(C)cc1S(=O)(=O)NC1CCCCNC1=O. The smallest absolute Gasteiger partial charge is 0.244 e. The number of sulfonamides is 1. The topological polar surface area (TPSA) is 84.5 Å². The number of hydrogen-bond donors (Lipinski definition) is 2. The fourth-order valence-electron chi connectivity index (χ4n) is 2.44. The summed E-state index contributed by atoms with van der Waals surface area (Å²) in [5.41, 5.74) is 1.80. The average Bonchev–Trinajstić information content (AvgIpc) is 2.66. The zero-order valence-electron chi connectivity index (χ0n) is 13.1. The van der Waals surface area contributed by atoms with Crippen LogP contribution in [0.1, 0.15) is 30.4 Å². The summed E-state index contributed by atoms with van der Waals surface area (Å²) in [6.07, 6.45) is 2.16. The van der Waals surface area contributed by atoms with Crippen LogP contribution >= 0.6 is 0 Å². The second-order valence-corrected chi connectivity index (χ2v) is 7.23. The van der Waals surface area contributed by atoms with E-state index in [0.29, 0.717) is 13.0 Å². The maximum atomic E-state index is 12.6. The second-order valence-electron chi connectivity index (χ2n) is 5.55. The standard InChI is InChI=1S/C15H22N2O4S/c1-10-8-13(21-3)14(9-11(10)2)22(19,20)17-12-6-4-5-7-16-15(12)18/h8-9,12,17H,4-7H2,1-3H3,(H,16,18). The Bertz CT molecular complexity index is 670. The molecule has 22 heavy (non-hydrogen) atoms. The van der Waals surface area contributed by atoms with Gasteiger partial charge in [0.1, 0.15) is 16.7 Å². The lowest BCUT2D eigenvalue weighted by atomic mass is 10.1. The molecule has 1 aliphatic heterocycles. The summed E-state index contributed by atoms with van der Waals surface area (Å²) in [6.45, 7) is 4.32. The maximum Gasteiger partial charge on any atom is 0.244 e. The normalized spacial score (nSPS) is 19.4. The van der Waals surface area contributed by atoms with Gasteiger partial charge in [0.25, 0.3) is 0 Å². The van der Waals surface area contributed by atoms with Gasteiger partial charge in [-0.25, -0.2) is 8.42 Å². The first kappa shape index (κ1) is 16.8. The predicted molar refractivity (Wildman–Crippen MR) is 83.4 cm³/mol. The van der Waals surface area contributed by atoms with Crippen molar-refractivity contribution < 1.29 is 17.9 Å². The maximum absolute atomic E-state index is 12.6. The molecule has 1 unspecified atom stereocenters. The minimum atomic E-state index is -3.83. The van der Waals surface area contributed by atoms with E-state index in [1.165, 1.54) is 7.11 Å². The van der Waals surface area contributed by atoms with E-state index in [2.05, 4.69) is 10.0 Å². The van der Waals surface area contributed by atoms with Crippen LogP contribution in [0.15, 0.2) is 17.0 Å². The van der Waals surface area contributed by atoms with Gasteiger partial charge in [0.2, 0.25) is 15.9 Å². The Labute approximate surface area is 131 Å². The molecule has 1 amide bonds. The molecule has 122 valence electrons. The van der Waals surface area contributed by atoms with Crippen LogP contribution in [0.4, 0.5) is 0 Å². The Morgan fingerprint density at radius 2 is 1.91 bits per heavy atom. The summed E-state index contributed by atoms with van der Waals surface area (Å²) in [7, 11) is -2.39. The number of nitrogens with one attached hydrogen (secondary N) is 2. The van der Waals surface area contributed by atoms with E-state index in [1.54, 1.807) is 12.1 Å². The van der Waals surface area contributed by atoms with Crippen LogP contribution in [0.2, 0.25) is 0 Å². The highest BCUT2D eigenvalue weighted by molar-refractivity contribution is 7.89. The molecular formula is C15H22N2O4S. The molecule has 1 aromatic rings. The summed E-state index contributed by atoms with van der Waals surface area (Å²) in [6, 6.07) is 2.53. The number of amides is 1. The van der Waals surface area contributed by atoms with Crippen molar-refractivity contribution in [1.82, 2.24) is 10.0 Å². The zero-order valence-corrected chi connectivity index (χ0v) is 13.9. The van der Waals surface area contributed by atoms with Gasteiger partial charge in [0, 0.05) is 6.54 Å². The summed E-state index contributed by atoms with van der Waals surface area (Å²) >= 11 is 0. The lowest BCUT2D eigenvalue weighted by Crippen LogP contribution is -2.45. The number of hydrogen-bond acceptors (Lipinski definition) is 4. The molecule has 0 bridgehead atoms. The van der Waals surface area contributed by atoms with E-state index in [9.17, 15) is 13.2 Å². The van der Waals surface area contributed by atoms with Gasteiger partial charge < -0.3 is 10.1 Å². The monoisotopic (exact) mass is 326 g/mol. The van der Waals surface area contributed by atoms with Gasteiger partial charge in [0.05, 0.1) is 7.11 Å². The molecule has 1 heterocycles.